The summed E-state index contributed by atoms with van der Waals surface area (Å²) in [5.41, 5.74) is 5.46. The Morgan fingerprint density at radius 2 is 1.59 bits per heavy atom. The van der Waals surface area contributed by atoms with Crippen molar-refractivity contribution in [1.82, 2.24) is 5.32 Å². The number of fused-ring (bicyclic) bond motifs is 1. The molecule has 2 aromatic carbocycles. The van der Waals surface area contributed by atoms with E-state index in [0.717, 1.165) is 6.42 Å². The van der Waals surface area contributed by atoms with E-state index in [4.69, 9.17) is 0 Å². The highest BCUT2D eigenvalue weighted by atomic mass is 16.1. The molecule has 110 valence electrons. The molecule has 0 spiro atoms. The smallest absolute Gasteiger partial charge is 0.224 e. The van der Waals surface area contributed by atoms with Crippen molar-refractivity contribution in [2.45, 2.75) is 18.3 Å². The zero-order valence-electron chi connectivity index (χ0n) is 12.5. The fourth-order valence-electron chi connectivity index (χ4n) is 4.20. The minimum Gasteiger partial charge on any atom is -0.352 e. The Bertz CT molecular complexity index is 701. The van der Waals surface area contributed by atoms with Crippen LogP contribution in [-0.2, 0) is 4.79 Å². The van der Waals surface area contributed by atoms with Gasteiger partial charge >= 0.3 is 0 Å². The number of nitrogens with one attached hydrogen (secondary N) is 1. The number of hydrogen-bond donors (Lipinski definition) is 1. The summed E-state index contributed by atoms with van der Waals surface area (Å²) >= 11 is 0. The highest BCUT2D eigenvalue weighted by Gasteiger charge is 2.45. The lowest BCUT2D eigenvalue weighted by Gasteiger charge is -2.44. The predicted octanol–water partition coefficient (Wildman–Crippen LogP) is 3.59. The summed E-state index contributed by atoms with van der Waals surface area (Å²) in [5, 5.41) is 2.99. The van der Waals surface area contributed by atoms with Crippen molar-refractivity contribution in [2.75, 3.05) is 6.54 Å². The first-order chi connectivity index (χ1) is 10.8. The number of carbonyl (C=O) groups excluding carboxylic acids is 1. The van der Waals surface area contributed by atoms with Crippen LogP contribution in [0.1, 0.15) is 40.5 Å². The molecule has 1 atom stereocenters. The van der Waals surface area contributed by atoms with E-state index >= 15 is 0 Å². The average Bonchev–Trinajstić information content (AvgIpc) is 2.59. The molecule has 0 saturated heterocycles. The van der Waals surface area contributed by atoms with Crippen LogP contribution in [-0.4, -0.2) is 12.5 Å². The van der Waals surface area contributed by atoms with Crippen molar-refractivity contribution < 1.29 is 4.79 Å². The zero-order chi connectivity index (χ0) is 15.1. The van der Waals surface area contributed by atoms with E-state index in [1.807, 2.05) is 0 Å². The van der Waals surface area contributed by atoms with Gasteiger partial charge in [0.15, 0.2) is 0 Å². The molecule has 22 heavy (non-hydrogen) atoms. The lowest BCUT2D eigenvalue weighted by Crippen LogP contribution is -2.41. The molecule has 0 saturated carbocycles. The van der Waals surface area contributed by atoms with Crippen molar-refractivity contribution in [3.63, 3.8) is 0 Å². The normalized spacial score (nSPS) is 24.3. The van der Waals surface area contributed by atoms with Gasteiger partial charge in [0.05, 0.1) is 0 Å². The minimum absolute atomic E-state index is 0.0229. The first-order valence-corrected chi connectivity index (χ1v) is 7.87. The average molecular weight is 289 g/mol. The Morgan fingerprint density at radius 3 is 2.14 bits per heavy atom. The van der Waals surface area contributed by atoms with Crippen LogP contribution in [0, 0.1) is 5.92 Å². The lowest BCUT2D eigenvalue weighted by atomic mass is 9.59. The first kappa shape index (κ1) is 13.3. The van der Waals surface area contributed by atoms with Crippen LogP contribution in [0.25, 0.3) is 0 Å². The molecule has 0 aromatic heterocycles. The molecule has 5 rings (SSSR count). The van der Waals surface area contributed by atoms with Crippen molar-refractivity contribution in [1.29, 1.82) is 0 Å². The molecular formula is C20H19NO. The third-order valence-corrected chi connectivity index (χ3v) is 5.06. The molecule has 0 fully saturated rings. The summed E-state index contributed by atoms with van der Waals surface area (Å²) in [6.45, 7) is 4.22. The van der Waals surface area contributed by atoms with Crippen LogP contribution in [0.5, 0.6) is 0 Å². The molecule has 1 N–H and O–H groups in total. The highest BCUT2D eigenvalue weighted by molar-refractivity contribution is 5.82. The predicted molar refractivity (Wildman–Crippen MR) is 87.9 cm³/mol. The van der Waals surface area contributed by atoms with Gasteiger partial charge in [-0.2, -0.15) is 0 Å². The maximum atomic E-state index is 12.6. The zero-order valence-corrected chi connectivity index (χ0v) is 12.5. The topological polar surface area (TPSA) is 29.1 Å². The Hall–Kier alpha value is -2.35. The van der Waals surface area contributed by atoms with E-state index < -0.39 is 0 Å². The fourth-order valence-corrected chi connectivity index (χ4v) is 4.20. The number of rotatable bonds is 3. The van der Waals surface area contributed by atoms with Gasteiger partial charge in [-0.25, -0.2) is 0 Å². The van der Waals surface area contributed by atoms with E-state index in [1.165, 1.54) is 22.3 Å². The molecule has 0 aliphatic heterocycles. The van der Waals surface area contributed by atoms with Crippen LogP contribution in [0.2, 0.25) is 0 Å². The second-order valence-electron chi connectivity index (χ2n) is 6.16. The second-order valence-corrected chi connectivity index (χ2v) is 6.16. The Balaban J connectivity index is 1.82. The number of hydrogen-bond acceptors (Lipinski definition) is 1. The summed E-state index contributed by atoms with van der Waals surface area (Å²) in [6, 6.07) is 17.2. The molecule has 0 radical (unpaired) electrons. The number of carbonyl (C=O) groups is 1. The lowest BCUT2D eigenvalue weighted by molar-refractivity contribution is -0.125. The fraction of sp³-hybridized carbons (Fsp3) is 0.250. The quantitative estimate of drug-likeness (QED) is 0.860. The molecule has 3 aliphatic carbocycles. The molecule has 2 aromatic rings. The van der Waals surface area contributed by atoms with Crippen LogP contribution in [0.15, 0.2) is 61.2 Å². The molecule has 2 heteroatoms. The maximum absolute atomic E-state index is 12.6. The Morgan fingerprint density at radius 1 is 1.05 bits per heavy atom. The molecule has 0 unspecified atom stereocenters. The van der Waals surface area contributed by atoms with Gasteiger partial charge in [-0.15, -0.1) is 6.58 Å². The van der Waals surface area contributed by atoms with E-state index in [-0.39, 0.29) is 17.7 Å². The minimum atomic E-state index is 0.0229. The monoisotopic (exact) mass is 289 g/mol. The summed E-state index contributed by atoms with van der Waals surface area (Å²) in [6.07, 6.45) is 2.64. The van der Waals surface area contributed by atoms with Gasteiger partial charge < -0.3 is 5.32 Å². The largest absolute Gasteiger partial charge is 0.352 e. The number of amides is 1. The third-order valence-electron chi connectivity index (χ3n) is 5.06. The van der Waals surface area contributed by atoms with Gasteiger partial charge in [-0.3, -0.25) is 4.79 Å². The van der Waals surface area contributed by atoms with Crippen molar-refractivity contribution in [3.8, 4) is 0 Å². The maximum Gasteiger partial charge on any atom is 0.224 e. The number of benzene rings is 2. The van der Waals surface area contributed by atoms with E-state index in [0.29, 0.717) is 12.5 Å². The SMILES string of the molecule is C=CCNC(=O)[C@H]1CC2c3ccccc3C1c1ccccc12. The van der Waals surface area contributed by atoms with Gasteiger partial charge in [-0.05, 0) is 28.7 Å². The molecule has 2 nitrogen and oxygen atoms in total. The highest BCUT2D eigenvalue weighted by Crippen LogP contribution is 2.55. The van der Waals surface area contributed by atoms with Gasteiger partial charge in [0.25, 0.3) is 0 Å². The van der Waals surface area contributed by atoms with Gasteiger partial charge in [0.1, 0.15) is 0 Å². The van der Waals surface area contributed by atoms with E-state index in [9.17, 15) is 4.79 Å². The molecule has 0 heterocycles. The van der Waals surface area contributed by atoms with Crippen LogP contribution in [0.4, 0.5) is 0 Å². The second kappa shape index (κ2) is 5.13. The molecular weight excluding hydrogens is 270 g/mol. The summed E-state index contributed by atoms with van der Waals surface area (Å²) < 4.78 is 0. The van der Waals surface area contributed by atoms with Gasteiger partial charge in [0.2, 0.25) is 5.91 Å². The summed E-state index contributed by atoms with van der Waals surface area (Å²) in [7, 11) is 0. The standard InChI is InChI=1S/C20H19NO/c1-2-11-21-20(22)18-12-17-13-7-3-5-9-15(13)19(18)16-10-6-4-8-14(16)17/h2-10,17-19H,1,11-12H2,(H,21,22)/t17?,18-,19?/m0/s1. The third kappa shape index (κ3) is 1.83. The van der Waals surface area contributed by atoms with Crippen molar-refractivity contribution in [3.05, 3.63) is 83.4 Å². The molecule has 3 aliphatic rings. The van der Waals surface area contributed by atoms with Crippen LogP contribution >= 0.6 is 0 Å². The van der Waals surface area contributed by atoms with Crippen LogP contribution < -0.4 is 5.32 Å². The Labute approximate surface area is 130 Å². The van der Waals surface area contributed by atoms with Crippen molar-refractivity contribution >= 4 is 5.91 Å². The Kier molecular flexibility index (Phi) is 3.11. The molecule has 2 bridgehead atoms. The summed E-state index contributed by atoms with van der Waals surface area (Å²) in [5.74, 6) is 0.702. The van der Waals surface area contributed by atoms with Gasteiger partial charge in [-0.1, -0.05) is 54.6 Å². The summed E-state index contributed by atoms with van der Waals surface area (Å²) in [4.78, 5) is 12.6. The van der Waals surface area contributed by atoms with Crippen molar-refractivity contribution in [2.24, 2.45) is 5.92 Å². The van der Waals surface area contributed by atoms with E-state index in [1.54, 1.807) is 6.08 Å². The first-order valence-electron chi connectivity index (χ1n) is 7.87. The van der Waals surface area contributed by atoms with Gasteiger partial charge in [0, 0.05) is 24.3 Å². The molecule has 1 amide bonds. The van der Waals surface area contributed by atoms with E-state index in [2.05, 4.69) is 60.4 Å². The van der Waals surface area contributed by atoms with Crippen LogP contribution in [0.3, 0.4) is 0 Å².